The quantitative estimate of drug-likeness (QED) is 0.436. The average Bonchev–Trinajstić information content (AvgIpc) is 2.85. The maximum absolute atomic E-state index is 13.4. The smallest absolute Gasteiger partial charge is 0.123 e. The standard InChI is InChI=1S/C21H22ClF2N.ClH/c1-15(22)25-13-2-3-16(12-14-25)21(17-4-8-19(23)9-5-17)18-6-10-20(24)11-7-18;/h4-11,15H,2-3,12-14H2,1H3;1H. The first-order valence-corrected chi connectivity index (χ1v) is 9.10. The van der Waals surface area contributed by atoms with E-state index in [2.05, 4.69) is 4.90 Å². The molecule has 1 atom stereocenters. The van der Waals surface area contributed by atoms with Crippen LogP contribution in [-0.2, 0) is 0 Å². The lowest BCUT2D eigenvalue weighted by molar-refractivity contribution is 0.275. The predicted octanol–water partition coefficient (Wildman–Crippen LogP) is 6.26. The predicted molar refractivity (Wildman–Crippen MR) is 107 cm³/mol. The van der Waals surface area contributed by atoms with Gasteiger partial charge in [-0.25, -0.2) is 8.78 Å². The number of nitrogens with zero attached hydrogens (tertiary/aromatic N) is 1. The van der Waals surface area contributed by atoms with Crippen molar-refractivity contribution in [3.8, 4) is 0 Å². The van der Waals surface area contributed by atoms with Crippen molar-refractivity contribution in [3.05, 3.63) is 76.9 Å². The van der Waals surface area contributed by atoms with E-state index in [4.69, 9.17) is 11.6 Å². The number of halogens is 4. The summed E-state index contributed by atoms with van der Waals surface area (Å²) in [6, 6.07) is 13.1. The Bertz CT molecular complexity index is 692. The highest BCUT2D eigenvalue weighted by Gasteiger charge is 2.19. The van der Waals surface area contributed by atoms with Gasteiger partial charge in [-0.05, 0) is 73.7 Å². The van der Waals surface area contributed by atoms with E-state index in [1.54, 1.807) is 24.3 Å². The van der Waals surface area contributed by atoms with Crippen molar-refractivity contribution in [2.24, 2.45) is 0 Å². The van der Waals surface area contributed by atoms with Gasteiger partial charge in [-0.15, -0.1) is 24.0 Å². The molecule has 0 amide bonds. The van der Waals surface area contributed by atoms with Crippen molar-refractivity contribution in [1.29, 1.82) is 0 Å². The largest absolute Gasteiger partial charge is 0.287 e. The molecule has 140 valence electrons. The van der Waals surface area contributed by atoms with Crippen LogP contribution >= 0.6 is 24.0 Å². The van der Waals surface area contributed by atoms with Crippen LogP contribution in [0.1, 0.15) is 37.3 Å². The van der Waals surface area contributed by atoms with Gasteiger partial charge in [0.1, 0.15) is 11.6 Å². The average molecular weight is 398 g/mol. The molecular weight excluding hydrogens is 375 g/mol. The zero-order valence-corrected chi connectivity index (χ0v) is 16.3. The number of hydrogen-bond donors (Lipinski definition) is 0. The molecule has 0 aliphatic carbocycles. The number of likely N-dealkylation sites (tertiary alicyclic amines) is 1. The Morgan fingerprint density at radius 2 is 1.38 bits per heavy atom. The van der Waals surface area contributed by atoms with Crippen molar-refractivity contribution in [1.82, 2.24) is 4.90 Å². The van der Waals surface area contributed by atoms with Gasteiger partial charge in [0.25, 0.3) is 0 Å². The van der Waals surface area contributed by atoms with E-state index < -0.39 is 0 Å². The number of rotatable bonds is 3. The summed E-state index contributed by atoms with van der Waals surface area (Å²) in [5, 5.41) is 0. The molecule has 0 radical (unpaired) electrons. The minimum absolute atomic E-state index is 0. The van der Waals surface area contributed by atoms with E-state index in [0.717, 1.165) is 49.1 Å². The highest BCUT2D eigenvalue weighted by Crippen LogP contribution is 2.33. The molecule has 2 aromatic carbocycles. The van der Waals surface area contributed by atoms with Crippen LogP contribution < -0.4 is 0 Å². The first-order valence-electron chi connectivity index (χ1n) is 8.66. The van der Waals surface area contributed by atoms with Gasteiger partial charge in [-0.2, -0.15) is 0 Å². The third kappa shape index (κ3) is 5.06. The second kappa shape index (κ2) is 9.50. The Labute approximate surface area is 165 Å². The van der Waals surface area contributed by atoms with E-state index in [1.807, 2.05) is 6.92 Å². The van der Waals surface area contributed by atoms with Crippen molar-refractivity contribution < 1.29 is 8.78 Å². The summed E-state index contributed by atoms with van der Waals surface area (Å²) in [7, 11) is 0. The molecule has 0 aromatic heterocycles. The molecule has 1 aliphatic rings. The van der Waals surface area contributed by atoms with Gasteiger partial charge in [-0.1, -0.05) is 29.8 Å². The van der Waals surface area contributed by atoms with Crippen molar-refractivity contribution in [2.45, 2.75) is 31.7 Å². The fourth-order valence-electron chi connectivity index (χ4n) is 3.42. The number of hydrogen-bond acceptors (Lipinski definition) is 1. The maximum Gasteiger partial charge on any atom is 0.123 e. The van der Waals surface area contributed by atoms with Crippen LogP contribution in [0.2, 0.25) is 0 Å². The molecule has 26 heavy (non-hydrogen) atoms. The molecular formula is C21H23Cl2F2N. The van der Waals surface area contributed by atoms with Gasteiger partial charge >= 0.3 is 0 Å². The van der Waals surface area contributed by atoms with E-state index in [9.17, 15) is 8.78 Å². The summed E-state index contributed by atoms with van der Waals surface area (Å²) >= 11 is 6.25. The Morgan fingerprint density at radius 3 is 1.85 bits per heavy atom. The minimum atomic E-state index is -0.254. The molecule has 1 saturated heterocycles. The SMILES string of the molecule is CC(Cl)N1CCCC(=C(c2ccc(F)cc2)c2ccc(F)cc2)CC1.Cl. The molecule has 1 fully saturated rings. The summed E-state index contributed by atoms with van der Waals surface area (Å²) in [5.74, 6) is -0.509. The number of alkyl halides is 1. The van der Waals surface area contributed by atoms with Crippen LogP contribution in [0.5, 0.6) is 0 Å². The van der Waals surface area contributed by atoms with E-state index in [0.29, 0.717) is 0 Å². The molecule has 0 saturated carbocycles. The van der Waals surface area contributed by atoms with Crippen molar-refractivity contribution in [2.75, 3.05) is 13.1 Å². The summed E-state index contributed by atoms with van der Waals surface area (Å²) < 4.78 is 26.7. The first-order chi connectivity index (χ1) is 12.0. The van der Waals surface area contributed by atoms with Gasteiger partial charge < -0.3 is 0 Å². The van der Waals surface area contributed by atoms with Gasteiger partial charge in [0.2, 0.25) is 0 Å². The molecule has 1 nitrogen and oxygen atoms in total. The topological polar surface area (TPSA) is 3.24 Å². The summed E-state index contributed by atoms with van der Waals surface area (Å²) in [6.45, 7) is 3.86. The van der Waals surface area contributed by atoms with E-state index in [1.165, 1.54) is 29.8 Å². The Hall–Kier alpha value is -1.42. The Morgan fingerprint density at radius 1 is 0.885 bits per heavy atom. The normalized spacial score (nSPS) is 16.5. The Balaban J connectivity index is 0.00000243. The van der Waals surface area contributed by atoms with E-state index >= 15 is 0 Å². The van der Waals surface area contributed by atoms with Crippen LogP contribution in [0.3, 0.4) is 0 Å². The zero-order chi connectivity index (χ0) is 17.8. The van der Waals surface area contributed by atoms with Crippen LogP contribution in [0, 0.1) is 11.6 Å². The van der Waals surface area contributed by atoms with Gasteiger partial charge in [0, 0.05) is 6.54 Å². The van der Waals surface area contributed by atoms with Crippen LogP contribution in [0.25, 0.3) is 5.57 Å². The molecule has 1 unspecified atom stereocenters. The molecule has 3 rings (SSSR count). The van der Waals surface area contributed by atoms with Crippen LogP contribution in [0.15, 0.2) is 54.1 Å². The fourth-order valence-corrected chi connectivity index (χ4v) is 3.62. The fraction of sp³-hybridized carbons (Fsp3) is 0.333. The van der Waals surface area contributed by atoms with Gasteiger partial charge in [0.15, 0.2) is 0 Å². The molecule has 0 bridgehead atoms. The summed E-state index contributed by atoms with van der Waals surface area (Å²) in [5.41, 5.74) is 4.35. The number of benzene rings is 2. The van der Waals surface area contributed by atoms with Crippen LogP contribution in [0.4, 0.5) is 8.78 Å². The van der Waals surface area contributed by atoms with Gasteiger partial charge in [-0.3, -0.25) is 4.90 Å². The second-order valence-corrected chi connectivity index (χ2v) is 7.09. The summed E-state index contributed by atoms with van der Waals surface area (Å²) in [4.78, 5) is 2.27. The van der Waals surface area contributed by atoms with E-state index in [-0.39, 0.29) is 29.5 Å². The molecule has 2 aromatic rings. The molecule has 0 spiro atoms. The van der Waals surface area contributed by atoms with Gasteiger partial charge in [0.05, 0.1) is 5.50 Å². The third-order valence-electron chi connectivity index (χ3n) is 4.75. The highest BCUT2D eigenvalue weighted by molar-refractivity contribution is 6.20. The Kier molecular flexibility index (Phi) is 7.63. The second-order valence-electron chi connectivity index (χ2n) is 6.46. The molecule has 0 N–H and O–H groups in total. The molecule has 1 aliphatic heterocycles. The lowest BCUT2D eigenvalue weighted by atomic mass is 9.90. The lowest BCUT2D eigenvalue weighted by Crippen LogP contribution is -2.29. The van der Waals surface area contributed by atoms with Crippen molar-refractivity contribution in [3.63, 3.8) is 0 Å². The summed E-state index contributed by atoms with van der Waals surface area (Å²) in [6.07, 6.45) is 2.89. The zero-order valence-electron chi connectivity index (χ0n) is 14.7. The lowest BCUT2D eigenvalue weighted by Gasteiger charge is -2.22. The monoisotopic (exact) mass is 397 g/mol. The first kappa shape index (κ1) is 20.9. The maximum atomic E-state index is 13.4. The molecule has 1 heterocycles. The molecule has 5 heteroatoms. The highest BCUT2D eigenvalue weighted by atomic mass is 35.5. The third-order valence-corrected chi connectivity index (χ3v) is 5.02. The minimum Gasteiger partial charge on any atom is -0.287 e. The van der Waals surface area contributed by atoms with Crippen LogP contribution in [-0.4, -0.2) is 23.5 Å². The van der Waals surface area contributed by atoms with Crippen molar-refractivity contribution >= 4 is 29.6 Å².